The molecular weight excluding hydrogens is 270 g/mol. The van der Waals surface area contributed by atoms with Gasteiger partial charge in [0.15, 0.2) is 0 Å². The maximum absolute atomic E-state index is 11.7. The summed E-state index contributed by atoms with van der Waals surface area (Å²) in [4.78, 5) is 23.4. The third-order valence-electron chi connectivity index (χ3n) is 2.05. The van der Waals surface area contributed by atoms with Gasteiger partial charge in [-0.3, -0.25) is 4.79 Å². The first-order valence-corrected chi connectivity index (χ1v) is 7.62. The van der Waals surface area contributed by atoms with Crippen LogP contribution in [0.25, 0.3) is 6.08 Å². The molecule has 2 N–H and O–H groups in total. The molecule has 0 aliphatic carbocycles. The number of thiophene rings is 1. The lowest BCUT2D eigenvalue weighted by atomic mass is 10.3. The number of hydrogen-bond donors (Lipinski definition) is 2. The van der Waals surface area contributed by atoms with Crippen molar-refractivity contribution in [1.29, 1.82) is 0 Å². The van der Waals surface area contributed by atoms with Crippen LogP contribution in [0.3, 0.4) is 0 Å². The van der Waals surface area contributed by atoms with Crippen LogP contribution in [-0.2, 0) is 4.79 Å². The van der Waals surface area contributed by atoms with E-state index in [4.69, 9.17) is 5.11 Å². The second-order valence-electron chi connectivity index (χ2n) is 3.48. The van der Waals surface area contributed by atoms with Crippen LogP contribution in [0.1, 0.15) is 21.0 Å². The van der Waals surface area contributed by atoms with E-state index in [0.29, 0.717) is 11.4 Å². The maximum Gasteiger partial charge on any atom is 0.328 e. The predicted molar refractivity (Wildman–Crippen MR) is 76.3 cm³/mol. The van der Waals surface area contributed by atoms with Crippen molar-refractivity contribution in [1.82, 2.24) is 5.32 Å². The Balaban J connectivity index is 2.46. The zero-order valence-corrected chi connectivity index (χ0v) is 11.6. The van der Waals surface area contributed by atoms with Crippen LogP contribution in [-0.4, -0.2) is 35.5 Å². The third kappa shape index (κ3) is 5.37. The number of carboxylic acid groups (broad SMARTS) is 1. The van der Waals surface area contributed by atoms with Gasteiger partial charge in [-0.2, -0.15) is 11.8 Å². The third-order valence-corrected chi connectivity index (χ3v) is 3.80. The molecule has 4 nitrogen and oxygen atoms in total. The van der Waals surface area contributed by atoms with Gasteiger partial charge in [-0.15, -0.1) is 11.3 Å². The molecule has 0 saturated heterocycles. The van der Waals surface area contributed by atoms with Gasteiger partial charge in [-0.05, 0) is 36.6 Å². The molecule has 18 heavy (non-hydrogen) atoms. The Morgan fingerprint density at radius 1 is 1.50 bits per heavy atom. The molecule has 6 heteroatoms. The molecular formula is C12H15NO3S2. The van der Waals surface area contributed by atoms with Gasteiger partial charge < -0.3 is 10.4 Å². The summed E-state index contributed by atoms with van der Waals surface area (Å²) in [5.41, 5.74) is 0. The summed E-state index contributed by atoms with van der Waals surface area (Å²) in [6, 6.07) is 3.44. The first-order valence-electron chi connectivity index (χ1n) is 5.41. The molecule has 0 bridgehead atoms. The maximum atomic E-state index is 11.7. The number of aliphatic carboxylic acids is 1. The van der Waals surface area contributed by atoms with E-state index in [-0.39, 0.29) is 5.91 Å². The number of nitrogens with one attached hydrogen (secondary N) is 1. The van der Waals surface area contributed by atoms with Crippen LogP contribution in [0.4, 0.5) is 0 Å². The molecule has 0 aliphatic heterocycles. The Labute approximate surface area is 114 Å². The Morgan fingerprint density at radius 3 is 2.94 bits per heavy atom. The smallest absolute Gasteiger partial charge is 0.328 e. The van der Waals surface area contributed by atoms with Gasteiger partial charge in [0.25, 0.3) is 5.91 Å². The van der Waals surface area contributed by atoms with Crippen LogP contribution < -0.4 is 5.32 Å². The number of rotatable bonds is 7. The second kappa shape index (κ2) is 7.94. The van der Waals surface area contributed by atoms with Crippen LogP contribution in [0, 0.1) is 0 Å². The second-order valence-corrected chi connectivity index (χ2v) is 5.58. The summed E-state index contributed by atoms with van der Waals surface area (Å²) in [7, 11) is 0. The van der Waals surface area contributed by atoms with Crippen molar-refractivity contribution in [2.24, 2.45) is 0 Å². The SMILES string of the molecule is CSCCCNC(=O)c1ccc(C=CC(=O)O)s1. The number of thioether (sulfide) groups is 1. The number of carboxylic acids is 1. The van der Waals surface area contributed by atoms with Crippen LogP contribution in [0.5, 0.6) is 0 Å². The molecule has 0 unspecified atom stereocenters. The van der Waals surface area contributed by atoms with Gasteiger partial charge in [-0.1, -0.05) is 0 Å². The Kier molecular flexibility index (Phi) is 6.53. The topological polar surface area (TPSA) is 66.4 Å². The highest BCUT2D eigenvalue weighted by molar-refractivity contribution is 7.98. The number of hydrogen-bond acceptors (Lipinski definition) is 4. The first-order chi connectivity index (χ1) is 8.63. The molecule has 0 saturated carbocycles. The van der Waals surface area contributed by atoms with Crippen molar-refractivity contribution in [3.05, 3.63) is 28.0 Å². The summed E-state index contributed by atoms with van der Waals surface area (Å²) in [6.45, 7) is 0.665. The molecule has 1 aromatic heterocycles. The fraction of sp³-hybridized carbons (Fsp3) is 0.333. The Hall–Kier alpha value is -1.27. The minimum Gasteiger partial charge on any atom is -0.478 e. The minimum absolute atomic E-state index is 0.101. The van der Waals surface area contributed by atoms with Crippen molar-refractivity contribution < 1.29 is 14.7 Å². The van der Waals surface area contributed by atoms with Crippen molar-refractivity contribution >= 4 is 41.1 Å². The van der Waals surface area contributed by atoms with Gasteiger partial charge in [0, 0.05) is 17.5 Å². The van der Waals surface area contributed by atoms with Gasteiger partial charge in [0.1, 0.15) is 0 Å². The molecule has 1 rings (SSSR count). The molecule has 0 aliphatic rings. The number of amides is 1. The minimum atomic E-state index is -0.994. The highest BCUT2D eigenvalue weighted by Crippen LogP contribution is 2.17. The lowest BCUT2D eigenvalue weighted by Gasteiger charge is -2.01. The van der Waals surface area contributed by atoms with E-state index < -0.39 is 5.97 Å². The van der Waals surface area contributed by atoms with E-state index in [2.05, 4.69) is 5.32 Å². The van der Waals surface area contributed by atoms with Crippen molar-refractivity contribution in [3.63, 3.8) is 0 Å². The molecule has 0 fully saturated rings. The van der Waals surface area contributed by atoms with E-state index in [1.165, 1.54) is 17.4 Å². The molecule has 0 aromatic carbocycles. The lowest BCUT2D eigenvalue weighted by molar-refractivity contribution is -0.131. The highest BCUT2D eigenvalue weighted by atomic mass is 32.2. The van der Waals surface area contributed by atoms with Crippen molar-refractivity contribution in [2.75, 3.05) is 18.6 Å². The summed E-state index contributed by atoms with van der Waals surface area (Å²) < 4.78 is 0. The summed E-state index contributed by atoms with van der Waals surface area (Å²) in [5, 5.41) is 11.3. The van der Waals surface area contributed by atoms with E-state index in [0.717, 1.165) is 23.1 Å². The molecule has 0 atom stereocenters. The predicted octanol–water partition coefficient (Wildman–Crippen LogP) is 2.33. The Bertz CT molecular complexity index is 440. The molecule has 1 aromatic rings. The molecule has 1 heterocycles. The number of carbonyl (C=O) groups is 2. The van der Waals surface area contributed by atoms with Gasteiger partial charge >= 0.3 is 5.97 Å². The average Bonchev–Trinajstić information content (AvgIpc) is 2.80. The van der Waals surface area contributed by atoms with E-state index in [1.807, 2.05) is 6.26 Å². The van der Waals surface area contributed by atoms with Gasteiger partial charge in [-0.25, -0.2) is 4.79 Å². The standard InChI is InChI=1S/C12H15NO3S2/c1-17-8-2-7-13-12(16)10-5-3-9(18-10)4-6-11(14)15/h3-6H,2,7-8H2,1H3,(H,13,16)(H,14,15). The fourth-order valence-electron chi connectivity index (χ4n) is 1.22. The summed E-state index contributed by atoms with van der Waals surface area (Å²) in [6.07, 6.45) is 5.52. The van der Waals surface area contributed by atoms with E-state index in [9.17, 15) is 9.59 Å². The van der Waals surface area contributed by atoms with Crippen LogP contribution in [0.2, 0.25) is 0 Å². The van der Waals surface area contributed by atoms with Crippen LogP contribution in [0.15, 0.2) is 18.2 Å². The zero-order chi connectivity index (χ0) is 13.4. The van der Waals surface area contributed by atoms with E-state index in [1.54, 1.807) is 23.9 Å². The number of carbonyl (C=O) groups excluding carboxylic acids is 1. The Morgan fingerprint density at radius 2 is 2.28 bits per heavy atom. The summed E-state index contributed by atoms with van der Waals surface area (Å²) in [5.74, 6) is -0.0697. The molecule has 0 radical (unpaired) electrons. The fourth-order valence-corrected chi connectivity index (χ4v) is 2.48. The van der Waals surface area contributed by atoms with E-state index >= 15 is 0 Å². The molecule has 0 spiro atoms. The van der Waals surface area contributed by atoms with Gasteiger partial charge in [0.2, 0.25) is 0 Å². The lowest BCUT2D eigenvalue weighted by Crippen LogP contribution is -2.23. The quantitative estimate of drug-likeness (QED) is 0.596. The first kappa shape index (κ1) is 14.8. The monoisotopic (exact) mass is 285 g/mol. The van der Waals surface area contributed by atoms with Crippen molar-refractivity contribution in [2.45, 2.75) is 6.42 Å². The highest BCUT2D eigenvalue weighted by Gasteiger charge is 2.07. The normalized spacial score (nSPS) is 10.7. The van der Waals surface area contributed by atoms with Gasteiger partial charge in [0.05, 0.1) is 4.88 Å². The molecule has 1 amide bonds. The summed E-state index contributed by atoms with van der Waals surface area (Å²) >= 11 is 3.03. The average molecular weight is 285 g/mol. The zero-order valence-electron chi connectivity index (χ0n) is 10.0. The largest absolute Gasteiger partial charge is 0.478 e. The van der Waals surface area contributed by atoms with Crippen LogP contribution >= 0.6 is 23.1 Å². The molecule has 98 valence electrons. The van der Waals surface area contributed by atoms with Crippen molar-refractivity contribution in [3.8, 4) is 0 Å².